The fraction of sp³-hybridized carbons (Fsp3) is 0.444. The Balaban J connectivity index is 1.67. The van der Waals surface area contributed by atoms with E-state index in [1.54, 1.807) is 11.8 Å². The zero-order valence-corrected chi connectivity index (χ0v) is 18.5. The van der Waals surface area contributed by atoms with E-state index < -0.39 is 0 Å². The maximum atomic E-state index is 12.8. The Bertz CT molecular complexity index is 858. The van der Waals surface area contributed by atoms with Gasteiger partial charge >= 0.3 is 0 Å². The van der Waals surface area contributed by atoms with Crippen LogP contribution in [0.4, 0.5) is 5.69 Å². The number of piperazine rings is 1. The van der Waals surface area contributed by atoms with Crippen LogP contribution in [0.3, 0.4) is 0 Å². The summed E-state index contributed by atoms with van der Waals surface area (Å²) in [6, 6.07) is 5.81. The standard InChI is InChI=1S/C18H21BrCl2N4O2/c1-11-9-23(13-4-5-14(20)15(8-13)27-3)6-7-24(11)16(26)10-25-12(2)17(21)18(19)22-25/h4-5,8,11H,6-7,9-10H2,1-3H3/t11-/m0/s1. The van der Waals surface area contributed by atoms with E-state index in [1.165, 1.54) is 0 Å². The third-order valence-electron chi connectivity index (χ3n) is 4.83. The second kappa shape index (κ2) is 8.29. The first-order chi connectivity index (χ1) is 12.8. The van der Waals surface area contributed by atoms with Gasteiger partial charge in [-0.2, -0.15) is 5.10 Å². The molecule has 0 radical (unpaired) electrons. The molecule has 1 aromatic carbocycles. The molecule has 3 rings (SSSR count). The van der Waals surface area contributed by atoms with Crippen molar-refractivity contribution >= 4 is 50.7 Å². The molecule has 0 N–H and O–H groups in total. The van der Waals surface area contributed by atoms with Gasteiger partial charge in [-0.25, -0.2) is 0 Å². The van der Waals surface area contributed by atoms with Crippen molar-refractivity contribution in [1.29, 1.82) is 0 Å². The van der Waals surface area contributed by atoms with Crippen LogP contribution in [0.25, 0.3) is 0 Å². The third kappa shape index (κ3) is 4.20. The van der Waals surface area contributed by atoms with E-state index in [0.29, 0.717) is 26.9 Å². The van der Waals surface area contributed by atoms with Crippen LogP contribution >= 0.6 is 39.1 Å². The molecule has 27 heavy (non-hydrogen) atoms. The lowest BCUT2D eigenvalue weighted by Crippen LogP contribution is -2.54. The molecule has 0 unspecified atom stereocenters. The molecule has 2 heterocycles. The van der Waals surface area contributed by atoms with Crippen molar-refractivity contribution in [2.24, 2.45) is 0 Å². The van der Waals surface area contributed by atoms with Gasteiger partial charge in [0.2, 0.25) is 5.91 Å². The van der Waals surface area contributed by atoms with Crippen molar-refractivity contribution in [3.05, 3.63) is 38.5 Å². The number of amides is 1. The average molecular weight is 476 g/mol. The summed E-state index contributed by atoms with van der Waals surface area (Å²) in [6.07, 6.45) is 0. The minimum atomic E-state index is 0.0330. The first kappa shape index (κ1) is 20.3. The van der Waals surface area contributed by atoms with E-state index in [0.717, 1.165) is 24.5 Å². The molecule has 1 aromatic heterocycles. The smallest absolute Gasteiger partial charge is 0.244 e. The van der Waals surface area contributed by atoms with Crippen molar-refractivity contribution in [3.8, 4) is 5.75 Å². The average Bonchev–Trinajstić information content (AvgIpc) is 2.88. The summed E-state index contributed by atoms with van der Waals surface area (Å²) in [4.78, 5) is 16.9. The number of hydrogen-bond acceptors (Lipinski definition) is 4. The van der Waals surface area contributed by atoms with Gasteiger partial charge in [0, 0.05) is 37.4 Å². The summed E-state index contributed by atoms with van der Waals surface area (Å²) in [7, 11) is 1.60. The van der Waals surface area contributed by atoms with E-state index in [1.807, 2.05) is 30.0 Å². The number of aromatic nitrogens is 2. The summed E-state index contributed by atoms with van der Waals surface area (Å²) < 4.78 is 7.50. The highest BCUT2D eigenvalue weighted by Gasteiger charge is 2.28. The van der Waals surface area contributed by atoms with Gasteiger partial charge in [-0.15, -0.1) is 0 Å². The first-order valence-corrected chi connectivity index (χ1v) is 10.1. The van der Waals surface area contributed by atoms with Gasteiger partial charge in [-0.05, 0) is 41.9 Å². The number of carbonyl (C=O) groups is 1. The molecule has 9 heteroatoms. The lowest BCUT2D eigenvalue weighted by Gasteiger charge is -2.41. The van der Waals surface area contributed by atoms with Crippen LogP contribution in [0.5, 0.6) is 5.75 Å². The van der Waals surface area contributed by atoms with Gasteiger partial charge < -0.3 is 14.5 Å². The molecule has 1 fully saturated rings. The normalized spacial score (nSPS) is 17.3. The van der Waals surface area contributed by atoms with Crippen LogP contribution in [0.15, 0.2) is 22.8 Å². The minimum absolute atomic E-state index is 0.0330. The Morgan fingerprint density at radius 2 is 2.11 bits per heavy atom. The second-order valence-electron chi connectivity index (χ2n) is 6.55. The Labute approximate surface area is 177 Å². The second-order valence-corrected chi connectivity index (χ2v) is 8.09. The molecular weight excluding hydrogens is 455 g/mol. The summed E-state index contributed by atoms with van der Waals surface area (Å²) in [6.45, 7) is 6.19. The highest BCUT2D eigenvalue weighted by molar-refractivity contribution is 9.10. The first-order valence-electron chi connectivity index (χ1n) is 8.58. The molecule has 0 spiro atoms. The van der Waals surface area contributed by atoms with Gasteiger partial charge in [0.1, 0.15) is 16.9 Å². The largest absolute Gasteiger partial charge is 0.495 e. The van der Waals surface area contributed by atoms with E-state index in [9.17, 15) is 4.79 Å². The van der Waals surface area contributed by atoms with Crippen molar-refractivity contribution < 1.29 is 9.53 Å². The lowest BCUT2D eigenvalue weighted by molar-refractivity contribution is -0.134. The fourth-order valence-electron chi connectivity index (χ4n) is 3.27. The zero-order valence-electron chi connectivity index (χ0n) is 15.4. The Hall–Kier alpha value is -1.44. The quantitative estimate of drug-likeness (QED) is 0.670. The number of halogens is 3. The molecular formula is C18H21BrCl2N4O2. The summed E-state index contributed by atoms with van der Waals surface area (Å²) >= 11 is 15.6. The number of anilines is 1. The van der Waals surface area contributed by atoms with Gasteiger partial charge in [0.05, 0.1) is 22.8 Å². The minimum Gasteiger partial charge on any atom is -0.495 e. The predicted molar refractivity (Wildman–Crippen MR) is 111 cm³/mol. The van der Waals surface area contributed by atoms with E-state index in [-0.39, 0.29) is 18.5 Å². The SMILES string of the molecule is COc1cc(N2CCN(C(=O)Cn3nc(Br)c(Cl)c3C)[C@@H](C)C2)ccc1Cl. The van der Waals surface area contributed by atoms with Crippen LogP contribution < -0.4 is 9.64 Å². The van der Waals surface area contributed by atoms with Gasteiger partial charge in [0.15, 0.2) is 0 Å². The molecule has 2 aromatic rings. The number of ether oxygens (including phenoxy) is 1. The molecule has 1 amide bonds. The number of hydrogen-bond donors (Lipinski definition) is 0. The molecule has 6 nitrogen and oxygen atoms in total. The molecule has 0 aliphatic carbocycles. The number of methoxy groups -OCH3 is 1. The van der Waals surface area contributed by atoms with E-state index in [2.05, 4.69) is 32.9 Å². The van der Waals surface area contributed by atoms with Crippen LogP contribution in [-0.4, -0.2) is 53.4 Å². The van der Waals surface area contributed by atoms with Crippen LogP contribution in [0.2, 0.25) is 10.0 Å². The molecule has 1 aliphatic rings. The summed E-state index contributed by atoms with van der Waals surface area (Å²) in [5, 5.41) is 5.40. The molecule has 1 saturated heterocycles. The highest BCUT2D eigenvalue weighted by Crippen LogP contribution is 2.30. The molecule has 146 valence electrons. The monoisotopic (exact) mass is 474 g/mol. The van der Waals surface area contributed by atoms with Gasteiger partial charge in [-0.1, -0.05) is 23.2 Å². The van der Waals surface area contributed by atoms with Crippen LogP contribution in [-0.2, 0) is 11.3 Å². The maximum Gasteiger partial charge on any atom is 0.244 e. The predicted octanol–water partition coefficient (Wildman–Crippen LogP) is 4.01. The van der Waals surface area contributed by atoms with Crippen LogP contribution in [0, 0.1) is 6.92 Å². The van der Waals surface area contributed by atoms with Crippen molar-refractivity contribution in [2.45, 2.75) is 26.4 Å². The van der Waals surface area contributed by atoms with Crippen LogP contribution in [0.1, 0.15) is 12.6 Å². The number of rotatable bonds is 4. The van der Waals surface area contributed by atoms with Gasteiger partial charge in [0.25, 0.3) is 0 Å². The summed E-state index contributed by atoms with van der Waals surface area (Å²) in [5.74, 6) is 0.683. The van der Waals surface area contributed by atoms with E-state index in [4.69, 9.17) is 27.9 Å². The highest BCUT2D eigenvalue weighted by atomic mass is 79.9. The van der Waals surface area contributed by atoms with Crippen molar-refractivity contribution in [2.75, 3.05) is 31.6 Å². The fourth-order valence-corrected chi connectivity index (χ4v) is 4.08. The molecule has 0 saturated carbocycles. The van der Waals surface area contributed by atoms with Crippen molar-refractivity contribution in [1.82, 2.24) is 14.7 Å². The number of carbonyl (C=O) groups excluding carboxylic acids is 1. The van der Waals surface area contributed by atoms with E-state index >= 15 is 0 Å². The number of benzene rings is 1. The topological polar surface area (TPSA) is 50.6 Å². The Morgan fingerprint density at radius 1 is 1.37 bits per heavy atom. The molecule has 1 atom stereocenters. The third-order valence-corrected chi connectivity index (χ3v) is 6.38. The summed E-state index contributed by atoms with van der Waals surface area (Å²) in [5.41, 5.74) is 1.81. The zero-order chi connectivity index (χ0) is 19.7. The molecule has 0 bridgehead atoms. The molecule has 1 aliphatic heterocycles. The Kier molecular flexibility index (Phi) is 6.23. The van der Waals surface area contributed by atoms with Crippen molar-refractivity contribution in [3.63, 3.8) is 0 Å². The maximum absolute atomic E-state index is 12.8. The number of nitrogens with zero attached hydrogens (tertiary/aromatic N) is 4. The van der Waals surface area contributed by atoms with Gasteiger partial charge in [-0.3, -0.25) is 9.48 Å². The Morgan fingerprint density at radius 3 is 2.70 bits per heavy atom. The lowest BCUT2D eigenvalue weighted by atomic mass is 10.1.